The normalized spacial score (nSPS) is 11.2. The van der Waals surface area contributed by atoms with Crippen LogP contribution in [0.3, 0.4) is 0 Å². The molecular weight excluding hydrogens is 298 g/mol. The Bertz CT molecular complexity index is 722. The first kappa shape index (κ1) is 16.5. The summed E-state index contributed by atoms with van der Waals surface area (Å²) in [5.41, 5.74) is 3.19. The molecule has 0 radical (unpaired) electrons. The van der Waals surface area contributed by atoms with Crippen LogP contribution < -0.4 is 4.84 Å². The second kappa shape index (κ2) is 7.44. The highest BCUT2D eigenvalue weighted by atomic mass is 16.7. The highest BCUT2D eigenvalue weighted by Crippen LogP contribution is 2.13. The van der Waals surface area contributed by atoms with Gasteiger partial charge in [0.25, 0.3) is 0 Å². The molecule has 0 unspecified atom stereocenters. The topological polar surface area (TPSA) is 74.9 Å². The van der Waals surface area contributed by atoms with E-state index in [9.17, 15) is 4.79 Å². The number of hydrogen-bond donors (Lipinski definition) is 0. The van der Waals surface area contributed by atoms with E-state index in [0.717, 1.165) is 17.0 Å². The zero-order valence-electron chi connectivity index (χ0n) is 13.6. The number of aromatic nitrogens is 2. The molecule has 0 amide bonds. The van der Waals surface area contributed by atoms with Crippen LogP contribution in [0.2, 0.25) is 0 Å². The number of ether oxygens (including phenoxy) is 1. The van der Waals surface area contributed by atoms with E-state index in [1.165, 1.54) is 19.1 Å². The number of oxime groups is 1. The lowest BCUT2D eigenvalue weighted by Gasteiger charge is -2.12. The maximum absolute atomic E-state index is 11.9. The number of carbonyl (C=O) groups excluding carboxylic acids is 1. The third-order valence-corrected chi connectivity index (χ3v) is 3.14. The maximum atomic E-state index is 11.9. The minimum Gasteiger partial charge on any atom is -0.464 e. The molecule has 7 nitrogen and oxygen atoms in total. The molecule has 0 saturated carbocycles. The summed E-state index contributed by atoms with van der Waals surface area (Å²) >= 11 is 0. The van der Waals surface area contributed by atoms with E-state index in [1.54, 1.807) is 12.1 Å². The molecule has 0 aliphatic rings. The molecule has 122 valence electrons. The summed E-state index contributed by atoms with van der Waals surface area (Å²) in [5.74, 6) is -0.578. The smallest absolute Gasteiger partial charge is 0.360 e. The maximum Gasteiger partial charge on any atom is 0.360 e. The monoisotopic (exact) mass is 317 g/mol. The molecule has 1 heterocycles. The van der Waals surface area contributed by atoms with Gasteiger partial charge in [-0.3, -0.25) is 0 Å². The van der Waals surface area contributed by atoms with Gasteiger partial charge >= 0.3 is 5.97 Å². The van der Waals surface area contributed by atoms with Crippen LogP contribution in [0, 0.1) is 13.8 Å². The van der Waals surface area contributed by atoms with Crippen LogP contribution in [0.1, 0.15) is 22.5 Å². The lowest BCUT2D eigenvalue weighted by atomic mass is 10.0. The molecule has 0 bridgehead atoms. The van der Waals surface area contributed by atoms with Gasteiger partial charge in [-0.15, -0.1) is 9.94 Å². The van der Waals surface area contributed by atoms with Gasteiger partial charge in [-0.1, -0.05) is 29.4 Å². The number of methoxy groups -OCH3 is 1. The number of rotatable bonds is 6. The Balaban J connectivity index is 2.28. The predicted molar refractivity (Wildman–Crippen MR) is 84.0 cm³/mol. The Morgan fingerprint density at radius 2 is 2.00 bits per heavy atom. The second-order valence-corrected chi connectivity index (χ2v) is 4.84. The van der Waals surface area contributed by atoms with Crippen molar-refractivity contribution in [1.82, 2.24) is 9.94 Å². The minimum absolute atomic E-state index is 0.0857. The summed E-state index contributed by atoms with van der Waals surface area (Å²) in [6.45, 7) is 4.01. The molecule has 0 N–H and O–H groups in total. The third-order valence-electron chi connectivity index (χ3n) is 3.14. The van der Waals surface area contributed by atoms with Gasteiger partial charge in [-0.05, 0) is 19.9 Å². The van der Waals surface area contributed by atoms with Gasteiger partial charge in [0.2, 0.25) is 0 Å². The van der Waals surface area contributed by atoms with Gasteiger partial charge in [0, 0.05) is 11.1 Å². The molecule has 2 aromatic rings. The molecule has 0 aliphatic heterocycles. The zero-order valence-corrected chi connectivity index (χ0v) is 13.6. The number of aryl methyl sites for hydroxylation is 2. The van der Waals surface area contributed by atoms with Gasteiger partial charge in [-0.25, -0.2) is 4.79 Å². The summed E-state index contributed by atoms with van der Waals surface area (Å²) < 4.78 is 4.75. The van der Waals surface area contributed by atoms with Crippen molar-refractivity contribution in [3.63, 3.8) is 0 Å². The Hall–Kier alpha value is -2.83. The standard InChI is InChI=1S/C16H19N3O4/c1-11-9-12(2)19(17-11)23-10-13-7-5-6-8-14(13)15(18-22-4)16(20)21-3/h5-9H,10H2,1-4H3. The number of benzene rings is 1. The lowest BCUT2D eigenvalue weighted by molar-refractivity contribution is -0.132. The van der Waals surface area contributed by atoms with Crippen LogP contribution in [0.15, 0.2) is 35.5 Å². The van der Waals surface area contributed by atoms with Crippen molar-refractivity contribution in [3.8, 4) is 0 Å². The average molecular weight is 317 g/mol. The van der Waals surface area contributed by atoms with Crippen LogP contribution in [-0.4, -0.2) is 35.8 Å². The van der Waals surface area contributed by atoms with E-state index in [1.807, 2.05) is 32.0 Å². The lowest BCUT2D eigenvalue weighted by Crippen LogP contribution is -2.21. The summed E-state index contributed by atoms with van der Waals surface area (Å²) in [4.78, 5) is 23.8. The molecule has 0 aliphatic carbocycles. The summed E-state index contributed by atoms with van der Waals surface area (Å²) in [5, 5.41) is 8.00. The van der Waals surface area contributed by atoms with E-state index in [0.29, 0.717) is 5.56 Å². The van der Waals surface area contributed by atoms with Crippen molar-refractivity contribution in [2.45, 2.75) is 20.5 Å². The van der Waals surface area contributed by atoms with Gasteiger partial charge in [0.1, 0.15) is 13.7 Å². The molecule has 1 aromatic heterocycles. The Kier molecular flexibility index (Phi) is 5.35. The van der Waals surface area contributed by atoms with Crippen molar-refractivity contribution in [3.05, 3.63) is 52.8 Å². The van der Waals surface area contributed by atoms with Crippen molar-refractivity contribution < 1.29 is 19.2 Å². The molecule has 2 rings (SSSR count). The molecule has 23 heavy (non-hydrogen) atoms. The SMILES string of the molecule is CON=C(C(=O)OC)c1ccccc1COn1nc(C)cc1C. The molecule has 1 aromatic carbocycles. The van der Waals surface area contributed by atoms with Crippen LogP contribution in [0.4, 0.5) is 0 Å². The van der Waals surface area contributed by atoms with Crippen molar-refractivity contribution in [2.24, 2.45) is 5.16 Å². The quantitative estimate of drug-likeness (QED) is 0.460. The fraction of sp³-hybridized carbons (Fsp3) is 0.312. The van der Waals surface area contributed by atoms with E-state index in [2.05, 4.69) is 10.3 Å². The second-order valence-electron chi connectivity index (χ2n) is 4.84. The van der Waals surface area contributed by atoms with Crippen LogP contribution in [0.25, 0.3) is 0 Å². The summed E-state index contributed by atoms with van der Waals surface area (Å²) in [6.07, 6.45) is 0. The third kappa shape index (κ3) is 3.88. The van der Waals surface area contributed by atoms with Gasteiger partial charge in [0.15, 0.2) is 5.71 Å². The van der Waals surface area contributed by atoms with E-state index in [4.69, 9.17) is 14.4 Å². The molecule has 0 fully saturated rings. The Morgan fingerprint density at radius 1 is 1.26 bits per heavy atom. The first-order chi connectivity index (χ1) is 11.1. The van der Waals surface area contributed by atoms with E-state index >= 15 is 0 Å². The molecular formula is C16H19N3O4. The summed E-state index contributed by atoms with van der Waals surface area (Å²) in [7, 11) is 2.67. The van der Waals surface area contributed by atoms with Gasteiger partial charge in [-0.2, -0.15) is 0 Å². The minimum atomic E-state index is -0.578. The number of esters is 1. The van der Waals surface area contributed by atoms with Crippen molar-refractivity contribution in [1.29, 1.82) is 0 Å². The first-order valence-electron chi connectivity index (χ1n) is 7.01. The molecule has 0 saturated heterocycles. The number of carbonyl (C=O) groups is 1. The summed E-state index contributed by atoms with van der Waals surface area (Å²) in [6, 6.07) is 9.17. The van der Waals surface area contributed by atoms with Gasteiger partial charge in [0.05, 0.1) is 18.5 Å². The fourth-order valence-electron chi connectivity index (χ4n) is 2.13. The zero-order chi connectivity index (χ0) is 16.8. The Labute approximate surface area is 134 Å². The van der Waals surface area contributed by atoms with Crippen molar-refractivity contribution in [2.75, 3.05) is 14.2 Å². The fourth-order valence-corrected chi connectivity index (χ4v) is 2.13. The van der Waals surface area contributed by atoms with Crippen LogP contribution >= 0.6 is 0 Å². The molecule has 7 heteroatoms. The van der Waals surface area contributed by atoms with Crippen LogP contribution in [-0.2, 0) is 21.0 Å². The van der Waals surface area contributed by atoms with Crippen LogP contribution in [0.5, 0.6) is 0 Å². The van der Waals surface area contributed by atoms with Gasteiger partial charge < -0.3 is 14.4 Å². The molecule has 0 spiro atoms. The molecule has 0 atom stereocenters. The average Bonchev–Trinajstić information content (AvgIpc) is 2.88. The van der Waals surface area contributed by atoms with E-state index < -0.39 is 5.97 Å². The first-order valence-corrected chi connectivity index (χ1v) is 7.01. The highest BCUT2D eigenvalue weighted by Gasteiger charge is 2.19. The number of hydrogen-bond acceptors (Lipinski definition) is 6. The predicted octanol–water partition coefficient (Wildman–Crippen LogP) is 1.65. The Morgan fingerprint density at radius 3 is 2.61 bits per heavy atom. The largest absolute Gasteiger partial charge is 0.464 e. The number of nitrogens with zero attached hydrogens (tertiary/aromatic N) is 3. The van der Waals surface area contributed by atoms with Crippen molar-refractivity contribution >= 4 is 11.7 Å². The van der Waals surface area contributed by atoms with E-state index in [-0.39, 0.29) is 12.3 Å². The highest BCUT2D eigenvalue weighted by molar-refractivity contribution is 6.43.